The first-order chi connectivity index (χ1) is 13.1. The summed E-state index contributed by atoms with van der Waals surface area (Å²) in [6, 6.07) is 16.5. The third kappa shape index (κ3) is 2.87. The summed E-state index contributed by atoms with van der Waals surface area (Å²) in [5.74, 6) is 0.455. The van der Waals surface area contributed by atoms with Crippen molar-refractivity contribution in [2.24, 2.45) is 23.7 Å². The van der Waals surface area contributed by atoms with Crippen LogP contribution in [0.5, 0.6) is 11.5 Å². The van der Waals surface area contributed by atoms with Gasteiger partial charge in [0.15, 0.2) is 0 Å². The van der Waals surface area contributed by atoms with E-state index in [0.717, 1.165) is 12.2 Å². The molecule has 4 heteroatoms. The standard InChI is InChI=1S/C23H21NO3/c1-3-15-14-16(4-2)21-20(15)22(25)24(23(21)26)17-10-12-19(13-11-17)27-18-8-6-5-7-9-18/h3-13,15-16,20-21H,1-2,14H2. The summed E-state index contributed by atoms with van der Waals surface area (Å²) in [4.78, 5) is 27.3. The Labute approximate surface area is 158 Å². The van der Waals surface area contributed by atoms with Crippen molar-refractivity contribution in [1.29, 1.82) is 0 Å². The predicted octanol–water partition coefficient (Wildman–Crippen LogP) is 4.59. The third-order valence-electron chi connectivity index (χ3n) is 5.54. The van der Waals surface area contributed by atoms with Crippen LogP contribution in [0.2, 0.25) is 0 Å². The zero-order chi connectivity index (χ0) is 19.0. The Bertz CT molecular complexity index is 856. The van der Waals surface area contributed by atoms with E-state index in [4.69, 9.17) is 4.74 Å². The molecule has 1 saturated carbocycles. The SMILES string of the molecule is C=CC1CC(C=C)C2C(=O)N(c3ccc(Oc4ccccc4)cc3)C(=O)C12. The lowest BCUT2D eigenvalue weighted by atomic mass is 9.89. The third-order valence-corrected chi connectivity index (χ3v) is 5.54. The van der Waals surface area contributed by atoms with Crippen LogP contribution in [0.15, 0.2) is 79.9 Å². The second-order valence-corrected chi connectivity index (χ2v) is 7.01. The van der Waals surface area contributed by atoms with Crippen LogP contribution in [0.4, 0.5) is 5.69 Å². The molecule has 0 bridgehead atoms. The first-order valence-corrected chi connectivity index (χ1v) is 9.10. The second kappa shape index (κ2) is 6.88. The molecule has 2 aromatic rings. The van der Waals surface area contributed by atoms with E-state index in [1.165, 1.54) is 4.90 Å². The van der Waals surface area contributed by atoms with Crippen LogP contribution < -0.4 is 9.64 Å². The van der Waals surface area contributed by atoms with E-state index in [-0.39, 0.29) is 35.5 Å². The molecule has 2 aromatic carbocycles. The maximum Gasteiger partial charge on any atom is 0.238 e. The van der Waals surface area contributed by atoms with E-state index < -0.39 is 0 Å². The Morgan fingerprint density at radius 2 is 1.33 bits per heavy atom. The number of imide groups is 1. The molecule has 4 unspecified atom stereocenters. The summed E-state index contributed by atoms with van der Waals surface area (Å²) in [7, 11) is 0. The number of allylic oxidation sites excluding steroid dienone is 2. The van der Waals surface area contributed by atoms with E-state index in [0.29, 0.717) is 11.4 Å². The summed E-state index contributed by atoms with van der Waals surface area (Å²) < 4.78 is 5.78. The molecule has 1 aliphatic carbocycles. The van der Waals surface area contributed by atoms with E-state index >= 15 is 0 Å². The maximum atomic E-state index is 13.0. The zero-order valence-electron chi connectivity index (χ0n) is 15.0. The molecule has 2 fully saturated rings. The number of benzene rings is 2. The van der Waals surface area contributed by atoms with Crippen LogP contribution in [0.3, 0.4) is 0 Å². The molecule has 0 aromatic heterocycles. The number of fused-ring (bicyclic) bond motifs is 1. The van der Waals surface area contributed by atoms with Gasteiger partial charge in [0.1, 0.15) is 11.5 Å². The van der Waals surface area contributed by atoms with Gasteiger partial charge in [-0.2, -0.15) is 0 Å². The largest absolute Gasteiger partial charge is 0.457 e. The number of para-hydroxylation sites is 1. The molecular weight excluding hydrogens is 338 g/mol. The first kappa shape index (κ1) is 17.3. The average molecular weight is 359 g/mol. The minimum absolute atomic E-state index is 0.0140. The highest BCUT2D eigenvalue weighted by Gasteiger charge is 2.57. The topological polar surface area (TPSA) is 46.6 Å². The molecule has 1 aliphatic heterocycles. The van der Waals surface area contributed by atoms with Gasteiger partial charge in [0.2, 0.25) is 11.8 Å². The Balaban J connectivity index is 1.58. The lowest BCUT2D eigenvalue weighted by Gasteiger charge is -2.19. The summed E-state index contributed by atoms with van der Waals surface area (Å²) in [5.41, 5.74) is 0.574. The van der Waals surface area contributed by atoms with Gasteiger partial charge in [-0.25, -0.2) is 0 Å². The summed E-state index contributed by atoms with van der Waals surface area (Å²) in [5, 5.41) is 0. The second-order valence-electron chi connectivity index (χ2n) is 7.01. The minimum Gasteiger partial charge on any atom is -0.457 e. The zero-order valence-corrected chi connectivity index (χ0v) is 15.0. The Hall–Kier alpha value is -3.14. The smallest absolute Gasteiger partial charge is 0.238 e. The number of hydrogen-bond donors (Lipinski definition) is 0. The number of ether oxygens (including phenoxy) is 1. The van der Waals surface area contributed by atoms with Crippen molar-refractivity contribution in [2.45, 2.75) is 6.42 Å². The van der Waals surface area contributed by atoms with Gasteiger partial charge in [-0.05, 0) is 54.7 Å². The highest BCUT2D eigenvalue weighted by atomic mass is 16.5. The van der Waals surface area contributed by atoms with Crippen molar-refractivity contribution >= 4 is 17.5 Å². The Morgan fingerprint density at radius 3 is 1.85 bits per heavy atom. The Kier molecular flexibility index (Phi) is 4.40. The molecule has 0 spiro atoms. The number of carbonyl (C=O) groups excluding carboxylic acids is 2. The molecule has 0 N–H and O–H groups in total. The van der Waals surface area contributed by atoms with Crippen molar-refractivity contribution < 1.29 is 14.3 Å². The molecule has 0 radical (unpaired) electrons. The van der Waals surface area contributed by atoms with Crippen LogP contribution in [0.25, 0.3) is 0 Å². The number of rotatable bonds is 5. The number of anilines is 1. The van der Waals surface area contributed by atoms with Crippen LogP contribution in [-0.2, 0) is 9.59 Å². The Morgan fingerprint density at radius 1 is 0.815 bits per heavy atom. The number of carbonyl (C=O) groups is 2. The summed E-state index contributed by atoms with van der Waals surface area (Å²) in [6.07, 6.45) is 4.36. The lowest BCUT2D eigenvalue weighted by molar-refractivity contribution is -0.123. The average Bonchev–Trinajstić information content (AvgIpc) is 3.20. The molecule has 4 atom stereocenters. The number of hydrogen-bond acceptors (Lipinski definition) is 3. The fourth-order valence-corrected chi connectivity index (χ4v) is 4.25. The molecule has 2 amide bonds. The van der Waals surface area contributed by atoms with E-state index in [1.807, 2.05) is 30.3 Å². The predicted molar refractivity (Wildman–Crippen MR) is 104 cm³/mol. The van der Waals surface area contributed by atoms with Crippen LogP contribution in [0, 0.1) is 23.7 Å². The molecule has 4 rings (SSSR count). The molecular formula is C23H21NO3. The van der Waals surface area contributed by atoms with Crippen LogP contribution >= 0.6 is 0 Å². The van der Waals surface area contributed by atoms with E-state index in [9.17, 15) is 9.59 Å². The van der Waals surface area contributed by atoms with E-state index in [2.05, 4.69) is 13.2 Å². The molecule has 1 heterocycles. The van der Waals surface area contributed by atoms with Crippen molar-refractivity contribution in [2.75, 3.05) is 4.90 Å². The monoisotopic (exact) mass is 359 g/mol. The first-order valence-electron chi connectivity index (χ1n) is 9.10. The van der Waals surface area contributed by atoms with Gasteiger partial charge < -0.3 is 4.74 Å². The van der Waals surface area contributed by atoms with Crippen molar-refractivity contribution in [3.8, 4) is 11.5 Å². The van der Waals surface area contributed by atoms with Gasteiger partial charge in [0.25, 0.3) is 0 Å². The highest BCUT2D eigenvalue weighted by Crippen LogP contribution is 2.49. The van der Waals surface area contributed by atoms with Gasteiger partial charge in [-0.3, -0.25) is 14.5 Å². The van der Waals surface area contributed by atoms with Crippen LogP contribution in [-0.4, -0.2) is 11.8 Å². The highest BCUT2D eigenvalue weighted by molar-refractivity contribution is 6.22. The molecule has 1 saturated heterocycles. The summed E-state index contributed by atoms with van der Waals surface area (Å²) >= 11 is 0. The number of amides is 2. The maximum absolute atomic E-state index is 13.0. The van der Waals surface area contributed by atoms with Gasteiger partial charge in [0, 0.05) is 0 Å². The van der Waals surface area contributed by atoms with Gasteiger partial charge in [-0.1, -0.05) is 30.4 Å². The van der Waals surface area contributed by atoms with Crippen LogP contribution in [0.1, 0.15) is 6.42 Å². The van der Waals surface area contributed by atoms with Gasteiger partial charge in [-0.15, -0.1) is 13.2 Å². The summed E-state index contributed by atoms with van der Waals surface area (Å²) in [6.45, 7) is 7.70. The molecule has 2 aliphatic rings. The van der Waals surface area contributed by atoms with Gasteiger partial charge >= 0.3 is 0 Å². The fourth-order valence-electron chi connectivity index (χ4n) is 4.25. The van der Waals surface area contributed by atoms with Gasteiger partial charge in [0.05, 0.1) is 17.5 Å². The lowest BCUT2D eigenvalue weighted by Crippen LogP contribution is -2.33. The van der Waals surface area contributed by atoms with Crippen molar-refractivity contribution in [1.82, 2.24) is 0 Å². The molecule has 136 valence electrons. The van der Waals surface area contributed by atoms with Crippen molar-refractivity contribution in [3.63, 3.8) is 0 Å². The number of nitrogens with zero attached hydrogens (tertiary/aromatic N) is 1. The molecule has 4 nitrogen and oxygen atoms in total. The minimum atomic E-state index is -0.335. The normalized spacial score (nSPS) is 26.7. The molecule has 27 heavy (non-hydrogen) atoms. The van der Waals surface area contributed by atoms with Crippen molar-refractivity contribution in [3.05, 3.63) is 79.9 Å². The quantitative estimate of drug-likeness (QED) is 0.579. The fraction of sp³-hybridized carbons (Fsp3) is 0.217. The van der Waals surface area contributed by atoms with E-state index in [1.54, 1.807) is 36.4 Å².